The zero-order valence-electron chi connectivity index (χ0n) is 13.2. The zero-order chi connectivity index (χ0) is 17.6. The molecule has 1 amide bonds. The van der Waals surface area contributed by atoms with E-state index in [9.17, 15) is 17.6 Å². The molecule has 2 rings (SSSR count). The quantitative estimate of drug-likeness (QED) is 0.778. The van der Waals surface area contributed by atoms with Gasteiger partial charge in [0.2, 0.25) is 0 Å². The van der Waals surface area contributed by atoms with Crippen LogP contribution in [0.25, 0.3) is 0 Å². The van der Waals surface area contributed by atoms with E-state index in [-0.39, 0.29) is 29.7 Å². The first-order chi connectivity index (χ1) is 11.4. The lowest BCUT2D eigenvalue weighted by molar-refractivity contribution is 0.0947. The molecule has 0 unspecified atom stereocenters. The Morgan fingerprint density at radius 1 is 1.17 bits per heavy atom. The van der Waals surface area contributed by atoms with Gasteiger partial charge in [-0.1, -0.05) is 13.0 Å². The van der Waals surface area contributed by atoms with E-state index in [0.29, 0.717) is 11.3 Å². The first-order valence-electron chi connectivity index (χ1n) is 7.42. The second-order valence-corrected chi connectivity index (χ2v) is 7.27. The standard InChI is InChI=1S/C17H18FNO4S/c1-2-24(21,22)16-8-6-13(7-9-16)17(20)19-10-11-23-15-5-3-4-14(18)12-15/h3-9,12H,2,10-11H2,1H3,(H,19,20). The summed E-state index contributed by atoms with van der Waals surface area (Å²) in [4.78, 5) is 12.2. The zero-order valence-corrected chi connectivity index (χ0v) is 14.0. The summed E-state index contributed by atoms with van der Waals surface area (Å²) in [5, 5.41) is 2.65. The molecule has 0 spiro atoms. The SMILES string of the molecule is CCS(=O)(=O)c1ccc(C(=O)NCCOc2cccc(F)c2)cc1. The largest absolute Gasteiger partial charge is 0.492 e. The van der Waals surface area contributed by atoms with Crippen LogP contribution in [-0.2, 0) is 9.84 Å². The van der Waals surface area contributed by atoms with Gasteiger partial charge in [-0.25, -0.2) is 12.8 Å². The highest BCUT2D eigenvalue weighted by Gasteiger charge is 2.12. The van der Waals surface area contributed by atoms with E-state index < -0.39 is 15.7 Å². The molecule has 24 heavy (non-hydrogen) atoms. The molecule has 7 heteroatoms. The van der Waals surface area contributed by atoms with E-state index in [0.717, 1.165) is 0 Å². The number of hydrogen-bond acceptors (Lipinski definition) is 4. The van der Waals surface area contributed by atoms with Crippen molar-refractivity contribution in [1.29, 1.82) is 0 Å². The van der Waals surface area contributed by atoms with Crippen LogP contribution in [0.5, 0.6) is 5.75 Å². The normalized spacial score (nSPS) is 11.1. The number of ether oxygens (including phenoxy) is 1. The summed E-state index contributed by atoms with van der Waals surface area (Å²) in [5.74, 6) is -0.328. The van der Waals surface area contributed by atoms with Gasteiger partial charge in [-0.2, -0.15) is 0 Å². The average Bonchev–Trinajstić information content (AvgIpc) is 2.58. The maximum Gasteiger partial charge on any atom is 0.251 e. The summed E-state index contributed by atoms with van der Waals surface area (Å²) in [6.07, 6.45) is 0. The average molecular weight is 351 g/mol. The van der Waals surface area contributed by atoms with Gasteiger partial charge >= 0.3 is 0 Å². The number of amides is 1. The fourth-order valence-corrected chi connectivity index (χ4v) is 2.86. The van der Waals surface area contributed by atoms with E-state index in [1.807, 2.05) is 0 Å². The van der Waals surface area contributed by atoms with Gasteiger partial charge < -0.3 is 10.1 Å². The molecule has 2 aromatic rings. The molecule has 0 radical (unpaired) electrons. The van der Waals surface area contributed by atoms with Crippen LogP contribution in [-0.4, -0.2) is 33.2 Å². The number of rotatable bonds is 7. The molecule has 0 aliphatic carbocycles. The number of sulfone groups is 1. The molecule has 0 bridgehead atoms. The predicted octanol–water partition coefficient (Wildman–Crippen LogP) is 2.43. The Morgan fingerprint density at radius 3 is 2.50 bits per heavy atom. The van der Waals surface area contributed by atoms with Gasteiger partial charge in [-0.05, 0) is 36.4 Å². The second kappa shape index (κ2) is 7.92. The van der Waals surface area contributed by atoms with E-state index in [1.165, 1.54) is 42.5 Å². The lowest BCUT2D eigenvalue weighted by atomic mass is 10.2. The fourth-order valence-electron chi connectivity index (χ4n) is 1.97. The molecule has 0 aromatic heterocycles. The van der Waals surface area contributed by atoms with Gasteiger partial charge in [0.1, 0.15) is 18.2 Å². The van der Waals surface area contributed by atoms with Gasteiger partial charge in [-0.15, -0.1) is 0 Å². The predicted molar refractivity (Wildman–Crippen MR) is 88.4 cm³/mol. The van der Waals surface area contributed by atoms with Gasteiger partial charge in [0.05, 0.1) is 17.2 Å². The third kappa shape index (κ3) is 4.79. The smallest absolute Gasteiger partial charge is 0.251 e. The van der Waals surface area contributed by atoms with Crippen LogP contribution < -0.4 is 10.1 Å². The highest BCUT2D eigenvalue weighted by molar-refractivity contribution is 7.91. The van der Waals surface area contributed by atoms with Crippen molar-refractivity contribution in [1.82, 2.24) is 5.32 Å². The summed E-state index contributed by atoms with van der Waals surface area (Å²) in [6, 6.07) is 11.5. The number of hydrogen-bond donors (Lipinski definition) is 1. The van der Waals surface area contributed by atoms with Crippen molar-refractivity contribution in [3.63, 3.8) is 0 Å². The molecule has 2 aromatic carbocycles. The fraction of sp³-hybridized carbons (Fsp3) is 0.235. The van der Waals surface area contributed by atoms with Crippen LogP contribution in [0.15, 0.2) is 53.4 Å². The molecule has 0 aliphatic rings. The third-order valence-electron chi connectivity index (χ3n) is 3.31. The summed E-state index contributed by atoms with van der Waals surface area (Å²) < 4.78 is 41.7. The Kier molecular flexibility index (Phi) is 5.92. The van der Waals surface area contributed by atoms with Crippen LogP contribution in [0.2, 0.25) is 0 Å². The highest BCUT2D eigenvalue weighted by Crippen LogP contribution is 2.13. The Bertz CT molecular complexity index is 804. The molecular weight excluding hydrogens is 333 g/mol. The van der Waals surface area contributed by atoms with Crippen molar-refractivity contribution < 1.29 is 22.3 Å². The van der Waals surface area contributed by atoms with Crippen molar-refractivity contribution in [2.24, 2.45) is 0 Å². The van der Waals surface area contributed by atoms with Crippen molar-refractivity contribution in [2.45, 2.75) is 11.8 Å². The minimum atomic E-state index is -3.28. The van der Waals surface area contributed by atoms with Crippen molar-refractivity contribution >= 4 is 15.7 Å². The molecule has 5 nitrogen and oxygen atoms in total. The highest BCUT2D eigenvalue weighted by atomic mass is 32.2. The van der Waals surface area contributed by atoms with Crippen molar-refractivity contribution in [3.05, 3.63) is 59.9 Å². The number of carbonyl (C=O) groups is 1. The number of nitrogens with one attached hydrogen (secondary N) is 1. The van der Waals surface area contributed by atoms with Crippen LogP contribution in [0.3, 0.4) is 0 Å². The monoisotopic (exact) mass is 351 g/mol. The van der Waals surface area contributed by atoms with Crippen LogP contribution in [0.4, 0.5) is 4.39 Å². The van der Waals surface area contributed by atoms with E-state index >= 15 is 0 Å². The van der Waals surface area contributed by atoms with Crippen molar-refractivity contribution in [3.8, 4) is 5.75 Å². The van der Waals surface area contributed by atoms with E-state index in [2.05, 4.69) is 5.32 Å². The Labute approximate surface area is 140 Å². The van der Waals surface area contributed by atoms with Gasteiger partial charge in [0.25, 0.3) is 5.91 Å². The molecule has 1 N–H and O–H groups in total. The molecule has 0 heterocycles. The summed E-state index contributed by atoms with van der Waals surface area (Å²) in [6.45, 7) is 2.00. The van der Waals surface area contributed by atoms with E-state index in [1.54, 1.807) is 13.0 Å². The molecule has 0 fully saturated rings. The Balaban J connectivity index is 1.84. The number of halogens is 1. The van der Waals surface area contributed by atoms with E-state index in [4.69, 9.17) is 4.74 Å². The van der Waals surface area contributed by atoms with Crippen LogP contribution in [0.1, 0.15) is 17.3 Å². The maximum absolute atomic E-state index is 13.0. The topological polar surface area (TPSA) is 72.5 Å². The molecule has 0 saturated carbocycles. The summed E-state index contributed by atoms with van der Waals surface area (Å²) >= 11 is 0. The molecule has 0 aliphatic heterocycles. The maximum atomic E-state index is 13.0. The molecular formula is C17H18FNO4S. The van der Waals surface area contributed by atoms with Crippen LogP contribution in [0, 0.1) is 5.82 Å². The van der Waals surface area contributed by atoms with Gasteiger partial charge in [0.15, 0.2) is 9.84 Å². The number of carbonyl (C=O) groups excluding carboxylic acids is 1. The second-order valence-electron chi connectivity index (χ2n) is 4.99. The summed E-state index contributed by atoms with van der Waals surface area (Å²) in [5.41, 5.74) is 0.357. The number of benzene rings is 2. The lowest BCUT2D eigenvalue weighted by Crippen LogP contribution is -2.28. The van der Waals surface area contributed by atoms with Gasteiger partial charge in [0, 0.05) is 11.6 Å². The van der Waals surface area contributed by atoms with Crippen molar-refractivity contribution in [2.75, 3.05) is 18.9 Å². The minimum absolute atomic E-state index is 0.00988. The Morgan fingerprint density at radius 2 is 1.88 bits per heavy atom. The lowest BCUT2D eigenvalue weighted by Gasteiger charge is -2.08. The molecule has 128 valence electrons. The molecule has 0 atom stereocenters. The first-order valence-corrected chi connectivity index (χ1v) is 9.07. The van der Waals surface area contributed by atoms with Crippen LogP contribution >= 0.6 is 0 Å². The minimum Gasteiger partial charge on any atom is -0.492 e. The summed E-state index contributed by atoms with van der Waals surface area (Å²) in [7, 11) is -3.28. The third-order valence-corrected chi connectivity index (χ3v) is 5.06. The van der Waals surface area contributed by atoms with Gasteiger partial charge in [-0.3, -0.25) is 4.79 Å². The Hall–Kier alpha value is -2.41. The first kappa shape index (κ1) is 17.9. The molecule has 0 saturated heterocycles.